The van der Waals surface area contributed by atoms with Crippen molar-refractivity contribution in [2.75, 3.05) is 58.3 Å². The van der Waals surface area contributed by atoms with Gasteiger partial charge in [0.25, 0.3) is 0 Å². The van der Waals surface area contributed by atoms with Crippen LogP contribution in [-0.2, 0) is 4.79 Å². The van der Waals surface area contributed by atoms with Crippen LogP contribution < -0.4 is 14.8 Å². The minimum atomic E-state index is -0.391. The molecule has 4 aromatic rings. The van der Waals surface area contributed by atoms with Crippen molar-refractivity contribution in [2.45, 2.75) is 6.42 Å². The Morgan fingerprint density at radius 2 is 1.59 bits per heavy atom. The van der Waals surface area contributed by atoms with Crippen molar-refractivity contribution in [2.24, 2.45) is 0 Å². The van der Waals surface area contributed by atoms with E-state index in [1.807, 2.05) is 12.1 Å². The lowest BCUT2D eigenvalue weighted by molar-refractivity contribution is -0.117. The molecule has 0 aromatic heterocycles. The highest BCUT2D eigenvalue weighted by Crippen LogP contribution is 2.29. The number of nitrogens with one attached hydrogen (secondary N) is 1. The maximum atomic E-state index is 13.2. The zero-order valence-corrected chi connectivity index (χ0v) is 28.5. The number of ketones is 2. The molecule has 0 spiro atoms. The van der Waals surface area contributed by atoms with Gasteiger partial charge in [0.2, 0.25) is 5.91 Å². The van der Waals surface area contributed by atoms with E-state index in [4.69, 9.17) is 32.7 Å². The van der Waals surface area contributed by atoms with Gasteiger partial charge in [0.1, 0.15) is 5.82 Å². The van der Waals surface area contributed by atoms with Crippen LogP contribution in [0.25, 0.3) is 6.08 Å². The minimum absolute atomic E-state index is 0.199. The zero-order chi connectivity index (χ0) is 34.8. The number of carbonyl (C=O) groups excluding carboxylic acids is 3. The number of hydrogen-bond acceptors (Lipinski definition) is 7. The van der Waals surface area contributed by atoms with E-state index in [0.29, 0.717) is 45.0 Å². The molecule has 1 heterocycles. The van der Waals surface area contributed by atoms with Crippen LogP contribution in [0.15, 0.2) is 91.0 Å². The highest BCUT2D eigenvalue weighted by Gasteiger charge is 2.22. The Hall–Kier alpha value is -4.54. The second kappa shape index (κ2) is 17.2. The van der Waals surface area contributed by atoms with Crippen LogP contribution in [0.2, 0.25) is 10.0 Å². The van der Waals surface area contributed by atoms with Crippen molar-refractivity contribution >= 4 is 52.4 Å². The summed E-state index contributed by atoms with van der Waals surface area (Å²) in [7, 11) is 1.56. The quantitative estimate of drug-likeness (QED) is 0.0838. The molecular weight excluding hydrogens is 668 g/mol. The van der Waals surface area contributed by atoms with Gasteiger partial charge in [-0.3, -0.25) is 19.3 Å². The molecule has 49 heavy (non-hydrogen) atoms. The molecule has 0 saturated carbocycles. The number of nitrogens with zero attached hydrogens (tertiary/aromatic N) is 2. The average Bonchev–Trinajstić information content (AvgIpc) is 3.11. The molecule has 5 rings (SSSR count). The smallest absolute Gasteiger partial charge is 0.238 e. The first-order chi connectivity index (χ1) is 23.7. The van der Waals surface area contributed by atoms with Gasteiger partial charge in [-0.25, -0.2) is 4.39 Å². The lowest BCUT2D eigenvalue weighted by atomic mass is 10.0. The lowest BCUT2D eigenvalue weighted by Gasteiger charge is -2.34. The van der Waals surface area contributed by atoms with Crippen molar-refractivity contribution in [3.63, 3.8) is 0 Å². The van der Waals surface area contributed by atoms with Crippen LogP contribution in [0.3, 0.4) is 0 Å². The van der Waals surface area contributed by atoms with Crippen LogP contribution >= 0.6 is 23.2 Å². The molecular formula is C38H36Cl2FN3O5. The third-order valence-corrected chi connectivity index (χ3v) is 8.64. The first-order valence-corrected chi connectivity index (χ1v) is 16.6. The topological polar surface area (TPSA) is 88.2 Å². The van der Waals surface area contributed by atoms with Crippen molar-refractivity contribution in [3.05, 3.63) is 129 Å². The molecule has 1 aliphatic heterocycles. The number of halogens is 3. The Bertz CT molecular complexity index is 1820. The highest BCUT2D eigenvalue weighted by molar-refractivity contribution is 6.36. The molecule has 1 saturated heterocycles. The number of allylic oxidation sites excluding steroid dienone is 1. The van der Waals surface area contributed by atoms with E-state index in [9.17, 15) is 18.8 Å². The van der Waals surface area contributed by atoms with Gasteiger partial charge in [-0.1, -0.05) is 47.5 Å². The van der Waals surface area contributed by atoms with Crippen molar-refractivity contribution < 1.29 is 28.2 Å². The molecule has 8 nitrogen and oxygen atoms in total. The number of benzene rings is 4. The normalized spacial score (nSPS) is 13.7. The van der Waals surface area contributed by atoms with Crippen molar-refractivity contribution in [1.82, 2.24) is 9.80 Å². The largest absolute Gasteiger partial charge is 0.493 e. The van der Waals surface area contributed by atoms with Gasteiger partial charge in [0.15, 0.2) is 23.1 Å². The summed E-state index contributed by atoms with van der Waals surface area (Å²) in [4.78, 5) is 43.0. The van der Waals surface area contributed by atoms with Gasteiger partial charge in [-0.15, -0.1) is 0 Å². The minimum Gasteiger partial charge on any atom is -0.493 e. The van der Waals surface area contributed by atoms with E-state index in [1.165, 1.54) is 36.4 Å². The third kappa shape index (κ3) is 9.99. The Labute approximate surface area is 295 Å². The molecule has 0 atom stereocenters. The molecule has 1 N–H and O–H groups in total. The van der Waals surface area contributed by atoms with Gasteiger partial charge in [-0.2, -0.15) is 0 Å². The summed E-state index contributed by atoms with van der Waals surface area (Å²) in [5.41, 5.74) is 2.18. The molecule has 1 aliphatic rings. The summed E-state index contributed by atoms with van der Waals surface area (Å²) >= 11 is 12.4. The number of rotatable bonds is 14. The fourth-order valence-electron chi connectivity index (χ4n) is 5.43. The predicted molar refractivity (Wildman–Crippen MR) is 191 cm³/mol. The number of amides is 1. The predicted octanol–water partition coefficient (Wildman–Crippen LogP) is 7.29. The molecule has 0 unspecified atom stereocenters. The van der Waals surface area contributed by atoms with E-state index in [1.54, 1.807) is 55.7 Å². The van der Waals surface area contributed by atoms with Gasteiger partial charge < -0.3 is 19.7 Å². The van der Waals surface area contributed by atoms with Crippen LogP contribution in [0.5, 0.6) is 11.5 Å². The van der Waals surface area contributed by atoms with Gasteiger partial charge >= 0.3 is 0 Å². The Morgan fingerprint density at radius 3 is 2.33 bits per heavy atom. The zero-order valence-electron chi connectivity index (χ0n) is 27.0. The number of methoxy groups -OCH3 is 1. The van der Waals surface area contributed by atoms with Crippen molar-refractivity contribution in [3.8, 4) is 11.5 Å². The van der Waals surface area contributed by atoms with E-state index in [0.717, 1.165) is 44.7 Å². The highest BCUT2D eigenvalue weighted by atomic mass is 35.5. The van der Waals surface area contributed by atoms with E-state index in [-0.39, 0.29) is 29.6 Å². The number of anilines is 1. The maximum Gasteiger partial charge on any atom is 0.238 e. The first kappa shape index (κ1) is 35.8. The van der Waals surface area contributed by atoms with Gasteiger partial charge in [0.05, 0.1) is 31.0 Å². The second-order valence-corrected chi connectivity index (χ2v) is 12.3. The SMILES string of the molecule is COc1cc(C=CC(=O)c2ccc(F)cc2)ccc1OCCCN1CCN(CC(=O)Nc2ccc(Cl)cc2C(=O)c2ccccc2Cl)CC1. The Morgan fingerprint density at radius 1 is 0.857 bits per heavy atom. The standard InChI is InChI=1S/C38H36Cl2FN3O5/c1-48-36-23-26(7-15-34(45)27-9-12-29(41)13-10-27)8-16-35(36)49-22-4-17-43-18-20-44(21-19-43)25-37(46)42-33-14-11-28(39)24-31(33)38(47)30-5-2-3-6-32(30)40/h2-3,5-16,23-24H,4,17-22,25H2,1H3,(H,42,46). The summed E-state index contributed by atoms with van der Waals surface area (Å²) in [6, 6.07) is 22.4. The Balaban J connectivity index is 1.04. The summed E-state index contributed by atoms with van der Waals surface area (Å²) in [5.74, 6) is 0.0182. The fraction of sp³-hybridized carbons (Fsp3) is 0.237. The number of ether oxygens (including phenoxy) is 2. The summed E-state index contributed by atoms with van der Waals surface area (Å²) in [6.07, 6.45) is 3.92. The molecule has 1 amide bonds. The van der Waals surface area contributed by atoms with Crippen LogP contribution in [0.1, 0.15) is 38.3 Å². The number of carbonyl (C=O) groups is 3. The molecule has 254 valence electrons. The van der Waals surface area contributed by atoms with Gasteiger partial charge in [0, 0.05) is 54.4 Å². The molecule has 4 aromatic carbocycles. The molecule has 0 aliphatic carbocycles. The van der Waals surface area contributed by atoms with E-state index >= 15 is 0 Å². The lowest BCUT2D eigenvalue weighted by Crippen LogP contribution is -2.48. The fourth-order valence-corrected chi connectivity index (χ4v) is 5.82. The molecule has 0 radical (unpaired) electrons. The van der Waals surface area contributed by atoms with Crippen LogP contribution in [0, 0.1) is 5.82 Å². The summed E-state index contributed by atoms with van der Waals surface area (Å²) in [6.45, 7) is 4.61. The average molecular weight is 705 g/mol. The monoisotopic (exact) mass is 703 g/mol. The molecule has 11 heteroatoms. The van der Waals surface area contributed by atoms with Crippen LogP contribution in [-0.4, -0.2) is 80.3 Å². The maximum absolute atomic E-state index is 13.2. The second-order valence-electron chi connectivity index (χ2n) is 11.5. The Kier molecular flexibility index (Phi) is 12.6. The summed E-state index contributed by atoms with van der Waals surface area (Å²) in [5, 5.41) is 3.59. The van der Waals surface area contributed by atoms with Gasteiger partial charge in [-0.05, 0) is 84.8 Å². The number of hydrogen-bond donors (Lipinski definition) is 1. The summed E-state index contributed by atoms with van der Waals surface area (Å²) < 4.78 is 24.6. The first-order valence-electron chi connectivity index (χ1n) is 15.8. The molecule has 0 bridgehead atoms. The van der Waals surface area contributed by atoms with Crippen molar-refractivity contribution in [1.29, 1.82) is 0 Å². The molecule has 1 fully saturated rings. The third-order valence-electron chi connectivity index (χ3n) is 8.07. The van der Waals surface area contributed by atoms with E-state index < -0.39 is 5.82 Å². The number of piperazine rings is 1. The van der Waals surface area contributed by atoms with E-state index in [2.05, 4.69) is 15.1 Å². The van der Waals surface area contributed by atoms with Crippen LogP contribution in [0.4, 0.5) is 10.1 Å².